The van der Waals surface area contributed by atoms with Crippen LogP contribution in [-0.4, -0.2) is 20.8 Å². The van der Waals surface area contributed by atoms with E-state index in [0.29, 0.717) is 17.3 Å². The SMILES string of the molecule is NCc1cccc(S(=O)(=O)CCOc2ccccc2Cl)c1. The average Bonchev–Trinajstić information content (AvgIpc) is 2.49. The van der Waals surface area contributed by atoms with Crippen molar-refractivity contribution in [1.29, 1.82) is 0 Å². The summed E-state index contributed by atoms with van der Waals surface area (Å²) >= 11 is 5.94. The highest BCUT2D eigenvalue weighted by atomic mass is 35.5. The molecule has 0 atom stereocenters. The maximum absolute atomic E-state index is 12.2. The van der Waals surface area contributed by atoms with Gasteiger partial charge in [-0.1, -0.05) is 35.9 Å². The number of sulfone groups is 1. The molecule has 0 saturated carbocycles. The van der Waals surface area contributed by atoms with Gasteiger partial charge in [-0.15, -0.1) is 0 Å². The molecular formula is C15H16ClNO3S. The van der Waals surface area contributed by atoms with E-state index in [2.05, 4.69) is 0 Å². The fourth-order valence-electron chi connectivity index (χ4n) is 1.81. The molecule has 0 aliphatic heterocycles. The summed E-state index contributed by atoms with van der Waals surface area (Å²) in [6.45, 7) is 0.346. The number of hydrogen-bond donors (Lipinski definition) is 1. The van der Waals surface area contributed by atoms with Gasteiger partial charge in [0.25, 0.3) is 0 Å². The van der Waals surface area contributed by atoms with Crippen LogP contribution >= 0.6 is 11.6 Å². The predicted molar refractivity (Wildman–Crippen MR) is 83.3 cm³/mol. The van der Waals surface area contributed by atoms with Crippen LogP contribution in [0.15, 0.2) is 53.4 Å². The molecule has 0 aliphatic carbocycles. The summed E-state index contributed by atoms with van der Waals surface area (Å²) in [5, 5.41) is 0.458. The van der Waals surface area contributed by atoms with E-state index in [0.717, 1.165) is 5.56 Å². The van der Waals surface area contributed by atoms with Gasteiger partial charge in [-0.05, 0) is 29.8 Å². The highest BCUT2D eigenvalue weighted by Crippen LogP contribution is 2.23. The number of ether oxygens (including phenoxy) is 1. The van der Waals surface area contributed by atoms with E-state index in [1.807, 2.05) is 0 Å². The number of benzene rings is 2. The molecule has 0 spiro atoms. The summed E-state index contributed by atoms with van der Waals surface area (Å²) in [7, 11) is -3.40. The molecule has 6 heteroatoms. The van der Waals surface area contributed by atoms with Gasteiger partial charge in [0.05, 0.1) is 15.7 Å². The topological polar surface area (TPSA) is 69.4 Å². The van der Waals surface area contributed by atoms with Crippen molar-refractivity contribution in [2.45, 2.75) is 11.4 Å². The molecule has 0 bridgehead atoms. The zero-order valence-corrected chi connectivity index (χ0v) is 12.9. The first-order valence-electron chi connectivity index (χ1n) is 6.42. The Morgan fingerprint density at radius 2 is 1.86 bits per heavy atom. The monoisotopic (exact) mass is 325 g/mol. The molecule has 0 fully saturated rings. The van der Waals surface area contributed by atoms with Crippen molar-refractivity contribution in [3.05, 3.63) is 59.1 Å². The summed E-state index contributed by atoms with van der Waals surface area (Å²) in [6, 6.07) is 13.6. The molecule has 112 valence electrons. The molecule has 0 saturated heterocycles. The predicted octanol–water partition coefficient (Wildman–Crippen LogP) is 2.65. The Labute approximate surface area is 129 Å². The molecule has 0 heterocycles. The van der Waals surface area contributed by atoms with Crippen molar-refractivity contribution in [1.82, 2.24) is 0 Å². The van der Waals surface area contributed by atoms with Gasteiger partial charge in [0.1, 0.15) is 12.4 Å². The highest BCUT2D eigenvalue weighted by molar-refractivity contribution is 7.91. The lowest BCUT2D eigenvalue weighted by atomic mass is 10.2. The van der Waals surface area contributed by atoms with Gasteiger partial charge in [-0.25, -0.2) is 8.42 Å². The summed E-state index contributed by atoms with van der Waals surface area (Å²) in [6.07, 6.45) is 0. The third-order valence-corrected chi connectivity index (χ3v) is 4.93. The lowest BCUT2D eigenvalue weighted by Gasteiger charge is -2.09. The van der Waals surface area contributed by atoms with Crippen molar-refractivity contribution >= 4 is 21.4 Å². The summed E-state index contributed by atoms with van der Waals surface area (Å²) in [5.74, 6) is 0.358. The van der Waals surface area contributed by atoms with Gasteiger partial charge in [0.15, 0.2) is 9.84 Å². The number of halogens is 1. The molecule has 2 aromatic carbocycles. The third kappa shape index (κ3) is 4.20. The number of nitrogens with two attached hydrogens (primary N) is 1. The third-order valence-electron chi connectivity index (χ3n) is 2.94. The molecule has 0 aliphatic rings. The van der Waals surface area contributed by atoms with Crippen molar-refractivity contribution < 1.29 is 13.2 Å². The fraction of sp³-hybridized carbons (Fsp3) is 0.200. The van der Waals surface area contributed by atoms with E-state index < -0.39 is 9.84 Å². The smallest absolute Gasteiger partial charge is 0.181 e. The maximum Gasteiger partial charge on any atom is 0.181 e. The van der Waals surface area contributed by atoms with E-state index in [1.54, 1.807) is 48.5 Å². The Kier molecular flexibility index (Phi) is 5.22. The van der Waals surface area contributed by atoms with Crippen LogP contribution in [0.3, 0.4) is 0 Å². The second-order valence-electron chi connectivity index (χ2n) is 4.45. The van der Waals surface area contributed by atoms with Gasteiger partial charge >= 0.3 is 0 Å². The van der Waals surface area contributed by atoms with Gasteiger partial charge in [-0.3, -0.25) is 0 Å². The van der Waals surface area contributed by atoms with E-state index in [4.69, 9.17) is 22.1 Å². The second kappa shape index (κ2) is 6.93. The molecule has 0 unspecified atom stereocenters. The zero-order chi connectivity index (χ0) is 15.3. The van der Waals surface area contributed by atoms with Crippen LogP contribution in [0.1, 0.15) is 5.56 Å². The standard InChI is InChI=1S/C15H16ClNO3S/c16-14-6-1-2-7-15(14)20-8-9-21(18,19)13-5-3-4-12(10-13)11-17/h1-7,10H,8-9,11,17H2. The molecule has 4 nitrogen and oxygen atoms in total. The molecule has 0 radical (unpaired) electrons. The molecular weight excluding hydrogens is 310 g/mol. The van der Waals surface area contributed by atoms with Crippen LogP contribution in [0.4, 0.5) is 0 Å². The summed E-state index contributed by atoms with van der Waals surface area (Å²) < 4.78 is 29.9. The van der Waals surface area contributed by atoms with Crippen molar-refractivity contribution in [2.75, 3.05) is 12.4 Å². The van der Waals surface area contributed by atoms with E-state index in [9.17, 15) is 8.42 Å². The Bertz CT molecular complexity index is 716. The molecule has 0 amide bonds. The Morgan fingerprint density at radius 3 is 2.57 bits per heavy atom. The first-order chi connectivity index (χ1) is 10.0. The maximum atomic E-state index is 12.2. The number of rotatable bonds is 6. The Balaban J connectivity index is 2.03. The quantitative estimate of drug-likeness (QED) is 0.886. The van der Waals surface area contributed by atoms with Gasteiger partial charge in [-0.2, -0.15) is 0 Å². The van der Waals surface area contributed by atoms with Crippen LogP contribution in [0.25, 0.3) is 0 Å². The van der Waals surface area contributed by atoms with Crippen LogP contribution in [0, 0.1) is 0 Å². The van der Waals surface area contributed by atoms with Gasteiger partial charge in [0, 0.05) is 6.54 Å². The molecule has 0 aromatic heterocycles. The van der Waals surface area contributed by atoms with Crippen molar-refractivity contribution in [2.24, 2.45) is 5.73 Å². The molecule has 2 aromatic rings. The molecule has 2 N–H and O–H groups in total. The van der Waals surface area contributed by atoms with Gasteiger partial charge < -0.3 is 10.5 Å². The minimum absolute atomic E-state index is 0.0406. The first kappa shape index (κ1) is 15.8. The van der Waals surface area contributed by atoms with E-state index >= 15 is 0 Å². The fourth-order valence-corrected chi connectivity index (χ4v) is 3.15. The lowest BCUT2D eigenvalue weighted by Crippen LogP contribution is -2.14. The van der Waals surface area contributed by atoms with Crippen molar-refractivity contribution in [3.8, 4) is 5.75 Å². The van der Waals surface area contributed by atoms with Crippen LogP contribution in [0.5, 0.6) is 5.75 Å². The molecule has 2 rings (SSSR count). The molecule has 21 heavy (non-hydrogen) atoms. The minimum Gasteiger partial charge on any atom is -0.491 e. The Hall–Kier alpha value is -1.56. The van der Waals surface area contributed by atoms with Crippen LogP contribution in [0.2, 0.25) is 5.02 Å². The lowest BCUT2D eigenvalue weighted by molar-refractivity contribution is 0.341. The van der Waals surface area contributed by atoms with Crippen molar-refractivity contribution in [3.63, 3.8) is 0 Å². The first-order valence-corrected chi connectivity index (χ1v) is 8.45. The minimum atomic E-state index is -3.40. The highest BCUT2D eigenvalue weighted by Gasteiger charge is 2.15. The van der Waals surface area contributed by atoms with Crippen LogP contribution in [-0.2, 0) is 16.4 Å². The van der Waals surface area contributed by atoms with Gasteiger partial charge in [0.2, 0.25) is 0 Å². The average molecular weight is 326 g/mol. The van der Waals surface area contributed by atoms with E-state index in [-0.39, 0.29) is 17.3 Å². The largest absolute Gasteiger partial charge is 0.491 e. The number of para-hydroxylation sites is 1. The van der Waals surface area contributed by atoms with E-state index in [1.165, 1.54) is 0 Å². The van der Waals surface area contributed by atoms with Crippen LogP contribution < -0.4 is 10.5 Å². The zero-order valence-electron chi connectivity index (χ0n) is 11.3. The summed E-state index contributed by atoms with van der Waals surface area (Å²) in [4.78, 5) is 0.258. The number of hydrogen-bond acceptors (Lipinski definition) is 4. The normalized spacial score (nSPS) is 11.3. The Morgan fingerprint density at radius 1 is 1.10 bits per heavy atom. The second-order valence-corrected chi connectivity index (χ2v) is 6.97. The summed E-state index contributed by atoms with van der Waals surface area (Å²) in [5.41, 5.74) is 6.30.